The smallest absolute Gasteiger partial charge is 0.243 e. The summed E-state index contributed by atoms with van der Waals surface area (Å²) in [5.74, 6) is 1.47. The van der Waals surface area contributed by atoms with Gasteiger partial charge in [-0.25, -0.2) is 8.42 Å². The van der Waals surface area contributed by atoms with Gasteiger partial charge in [0.1, 0.15) is 22.4 Å². The number of hydrogen-bond donors (Lipinski definition) is 1. The van der Waals surface area contributed by atoms with Gasteiger partial charge in [-0.2, -0.15) is 0 Å². The molecule has 2 atom stereocenters. The van der Waals surface area contributed by atoms with Crippen LogP contribution in [0.4, 0.5) is 5.95 Å². The fourth-order valence-corrected chi connectivity index (χ4v) is 6.49. The highest BCUT2D eigenvalue weighted by atomic mass is 32.2. The van der Waals surface area contributed by atoms with Crippen LogP contribution in [-0.2, 0) is 14.8 Å². The normalized spacial score (nSPS) is 17.1. The van der Waals surface area contributed by atoms with E-state index in [1.54, 1.807) is 49.2 Å². The van der Waals surface area contributed by atoms with Crippen molar-refractivity contribution in [1.29, 1.82) is 0 Å². The predicted molar refractivity (Wildman–Crippen MR) is 142 cm³/mol. The molecule has 0 radical (unpaired) electrons. The largest absolute Gasteiger partial charge is 0.494 e. The minimum absolute atomic E-state index is 0.00921. The van der Waals surface area contributed by atoms with Gasteiger partial charge in [0.15, 0.2) is 5.82 Å². The molecule has 10 nitrogen and oxygen atoms in total. The molecule has 3 aromatic rings. The Morgan fingerprint density at radius 3 is 2.27 bits per heavy atom. The standard InChI is InChI=1S/C26H35N5O5S/c1-16-11-18(15-27-14-16)24-28-29-25(31(24)22-20(34-5)9-8-10-21(22)35-6)30-37(32,33)17(2)23(36-7)19-12-26(3,4)13-19/h8-11,14-15,17,19,23H,12-13H2,1-7H3,(H,29,30)/t17-,23+/m0/s1. The van der Waals surface area contributed by atoms with Gasteiger partial charge in [-0.05, 0) is 61.8 Å². The molecule has 1 N–H and O–H groups in total. The van der Waals surface area contributed by atoms with Gasteiger partial charge < -0.3 is 14.2 Å². The zero-order valence-corrected chi connectivity index (χ0v) is 23.2. The fraction of sp³-hybridized carbons (Fsp3) is 0.500. The lowest BCUT2D eigenvalue weighted by Gasteiger charge is -2.47. The van der Waals surface area contributed by atoms with Crippen LogP contribution in [0.15, 0.2) is 36.7 Å². The van der Waals surface area contributed by atoms with Crippen molar-refractivity contribution in [2.45, 2.75) is 51.9 Å². The second kappa shape index (κ2) is 10.3. The van der Waals surface area contributed by atoms with Crippen LogP contribution in [0.3, 0.4) is 0 Å². The Kier molecular flexibility index (Phi) is 7.48. The number of aryl methyl sites for hydroxylation is 1. The SMILES string of the molecule is COc1cccc(OC)c1-n1c(NS(=O)(=O)[C@@H](C)[C@@H](OC)C2CC(C)(C)C2)nnc1-c1cncc(C)c1. The number of nitrogens with zero attached hydrogens (tertiary/aromatic N) is 4. The van der Waals surface area contributed by atoms with Gasteiger partial charge in [-0.15, -0.1) is 10.2 Å². The van der Waals surface area contributed by atoms with Crippen LogP contribution in [0.1, 0.15) is 39.2 Å². The first-order chi connectivity index (χ1) is 17.5. The maximum Gasteiger partial charge on any atom is 0.243 e. The Bertz CT molecular complexity index is 1340. The highest BCUT2D eigenvalue weighted by molar-refractivity contribution is 7.93. The first-order valence-electron chi connectivity index (χ1n) is 12.1. The number of sulfonamides is 1. The molecule has 4 rings (SSSR count). The Hall–Kier alpha value is -3.18. The summed E-state index contributed by atoms with van der Waals surface area (Å²) in [5.41, 5.74) is 2.23. The first kappa shape index (κ1) is 26.9. The van der Waals surface area contributed by atoms with Gasteiger partial charge >= 0.3 is 0 Å². The van der Waals surface area contributed by atoms with E-state index in [9.17, 15) is 8.42 Å². The van der Waals surface area contributed by atoms with Gasteiger partial charge in [0, 0.05) is 25.1 Å². The van der Waals surface area contributed by atoms with E-state index in [4.69, 9.17) is 14.2 Å². The van der Waals surface area contributed by atoms with E-state index in [0.29, 0.717) is 28.6 Å². The van der Waals surface area contributed by atoms with E-state index >= 15 is 0 Å². The Morgan fingerprint density at radius 2 is 1.73 bits per heavy atom. The topological polar surface area (TPSA) is 117 Å². The number of aromatic nitrogens is 4. The summed E-state index contributed by atoms with van der Waals surface area (Å²) < 4.78 is 48.5. The van der Waals surface area contributed by atoms with Crippen molar-refractivity contribution in [3.05, 3.63) is 42.2 Å². The van der Waals surface area contributed by atoms with E-state index in [2.05, 4.69) is 33.8 Å². The molecule has 0 aliphatic heterocycles. The third-order valence-electron chi connectivity index (χ3n) is 6.97. The summed E-state index contributed by atoms with van der Waals surface area (Å²) in [5, 5.41) is 7.77. The fourth-order valence-electron chi connectivity index (χ4n) is 5.23. The number of rotatable bonds is 10. The predicted octanol–water partition coefficient (Wildman–Crippen LogP) is 4.24. The molecule has 1 aliphatic carbocycles. The molecule has 0 bridgehead atoms. The number of hydrogen-bond acceptors (Lipinski definition) is 8. The van der Waals surface area contributed by atoms with Crippen molar-refractivity contribution < 1.29 is 22.6 Å². The summed E-state index contributed by atoms with van der Waals surface area (Å²) in [6.45, 7) is 7.94. The van der Waals surface area contributed by atoms with Gasteiger partial charge in [-0.3, -0.25) is 14.3 Å². The zero-order valence-electron chi connectivity index (χ0n) is 22.3. The molecule has 1 saturated carbocycles. The molecule has 1 aliphatic rings. The highest BCUT2D eigenvalue weighted by Crippen LogP contribution is 2.48. The number of anilines is 1. The lowest BCUT2D eigenvalue weighted by atomic mass is 9.62. The number of ether oxygens (including phenoxy) is 3. The van der Waals surface area contributed by atoms with E-state index in [1.165, 1.54) is 14.2 Å². The van der Waals surface area contributed by atoms with Gasteiger partial charge in [-0.1, -0.05) is 19.9 Å². The second-order valence-electron chi connectivity index (χ2n) is 10.3. The van der Waals surface area contributed by atoms with E-state index in [1.807, 2.05) is 13.0 Å². The quantitative estimate of drug-likeness (QED) is 0.415. The van der Waals surface area contributed by atoms with Crippen LogP contribution >= 0.6 is 0 Å². The van der Waals surface area contributed by atoms with Crippen LogP contribution in [0, 0.1) is 18.3 Å². The lowest BCUT2D eigenvalue weighted by molar-refractivity contribution is -0.0367. The molecule has 1 aromatic carbocycles. The Morgan fingerprint density at radius 1 is 1.08 bits per heavy atom. The molecular weight excluding hydrogens is 494 g/mol. The molecule has 11 heteroatoms. The average molecular weight is 530 g/mol. The van der Waals surface area contributed by atoms with Crippen LogP contribution in [-0.4, -0.2) is 60.8 Å². The minimum atomic E-state index is -3.93. The van der Waals surface area contributed by atoms with Crippen LogP contribution in [0.5, 0.6) is 11.5 Å². The van der Waals surface area contributed by atoms with Crippen LogP contribution in [0.25, 0.3) is 17.1 Å². The average Bonchev–Trinajstić information content (AvgIpc) is 3.24. The number of benzene rings is 1. The van der Waals surface area contributed by atoms with E-state index < -0.39 is 21.4 Å². The summed E-state index contributed by atoms with van der Waals surface area (Å²) in [6, 6.07) is 7.21. The van der Waals surface area contributed by atoms with Crippen LogP contribution < -0.4 is 14.2 Å². The summed E-state index contributed by atoms with van der Waals surface area (Å²) in [4.78, 5) is 4.27. The molecule has 0 saturated heterocycles. The van der Waals surface area contributed by atoms with Gasteiger partial charge in [0.2, 0.25) is 16.0 Å². The minimum Gasteiger partial charge on any atom is -0.494 e. The van der Waals surface area contributed by atoms with Crippen LogP contribution in [0.2, 0.25) is 0 Å². The molecule has 1 fully saturated rings. The Labute approximate surface area is 218 Å². The number of para-hydroxylation sites is 1. The van der Waals surface area contributed by atoms with Gasteiger partial charge in [0.05, 0.1) is 20.3 Å². The van der Waals surface area contributed by atoms with Crippen molar-refractivity contribution in [3.8, 4) is 28.6 Å². The molecule has 0 amide bonds. The lowest BCUT2D eigenvalue weighted by Crippen LogP contribution is -2.48. The summed E-state index contributed by atoms with van der Waals surface area (Å²) in [7, 11) is 0.704. The summed E-state index contributed by atoms with van der Waals surface area (Å²) in [6.07, 6.45) is 4.74. The van der Waals surface area contributed by atoms with E-state index in [-0.39, 0.29) is 17.3 Å². The molecule has 200 valence electrons. The second-order valence-corrected chi connectivity index (χ2v) is 12.4. The molecule has 2 heterocycles. The third kappa shape index (κ3) is 5.28. The van der Waals surface area contributed by atoms with Crippen molar-refractivity contribution >= 4 is 16.0 Å². The third-order valence-corrected chi connectivity index (χ3v) is 8.69. The molecule has 0 unspecified atom stereocenters. The molecular formula is C26H35N5O5S. The van der Waals surface area contributed by atoms with Crippen molar-refractivity contribution in [3.63, 3.8) is 0 Å². The highest BCUT2D eigenvalue weighted by Gasteiger charge is 2.45. The first-order valence-corrected chi connectivity index (χ1v) is 13.7. The number of nitrogens with one attached hydrogen (secondary N) is 1. The van der Waals surface area contributed by atoms with Crippen molar-refractivity contribution in [2.24, 2.45) is 11.3 Å². The van der Waals surface area contributed by atoms with Crippen molar-refractivity contribution in [2.75, 3.05) is 26.1 Å². The zero-order chi connectivity index (χ0) is 27.0. The summed E-state index contributed by atoms with van der Waals surface area (Å²) >= 11 is 0. The van der Waals surface area contributed by atoms with Crippen molar-refractivity contribution in [1.82, 2.24) is 19.7 Å². The molecule has 2 aromatic heterocycles. The maximum absolute atomic E-state index is 13.7. The number of methoxy groups -OCH3 is 3. The molecule has 0 spiro atoms. The van der Waals surface area contributed by atoms with Gasteiger partial charge in [0.25, 0.3) is 0 Å². The van der Waals surface area contributed by atoms with E-state index in [0.717, 1.165) is 18.4 Å². The Balaban J connectivity index is 1.80. The molecule has 37 heavy (non-hydrogen) atoms. The number of pyridine rings is 1. The monoisotopic (exact) mass is 529 g/mol. The maximum atomic E-state index is 13.7.